The van der Waals surface area contributed by atoms with E-state index >= 15 is 0 Å². The van der Waals surface area contributed by atoms with Crippen LogP contribution in [0.3, 0.4) is 0 Å². The van der Waals surface area contributed by atoms with Crippen LogP contribution in [0.2, 0.25) is 0 Å². The number of nitrogens with zero attached hydrogens (tertiary/aromatic N) is 1. The first-order valence-corrected chi connectivity index (χ1v) is 10.0. The van der Waals surface area contributed by atoms with Crippen LogP contribution < -0.4 is 20.1 Å². The molecule has 0 spiro atoms. The van der Waals surface area contributed by atoms with Crippen molar-refractivity contribution >= 4 is 39.5 Å². The van der Waals surface area contributed by atoms with Crippen molar-refractivity contribution in [3.05, 3.63) is 88.3 Å². The lowest BCUT2D eigenvalue weighted by Crippen LogP contribution is -2.30. The minimum Gasteiger partial charge on any atom is -0.493 e. The van der Waals surface area contributed by atoms with Gasteiger partial charge in [-0.05, 0) is 54.1 Å². The fraction of sp³-hybridized carbons (Fsp3) is 0.0870. The van der Waals surface area contributed by atoms with Crippen LogP contribution in [0.4, 0.5) is 5.69 Å². The largest absolute Gasteiger partial charge is 0.493 e. The molecule has 0 bridgehead atoms. The molecule has 8 heteroatoms. The Labute approximate surface area is 188 Å². The molecule has 2 amide bonds. The SMILES string of the molecule is COc1ccc(C(=O)N/C(=C\c2cccnc2)C(=O)Nc2cccc(Br)c2)cc1OC. The van der Waals surface area contributed by atoms with Crippen LogP contribution in [0.15, 0.2) is 77.2 Å². The van der Waals surface area contributed by atoms with Gasteiger partial charge in [-0.3, -0.25) is 14.6 Å². The van der Waals surface area contributed by atoms with E-state index in [-0.39, 0.29) is 5.70 Å². The topological polar surface area (TPSA) is 89.5 Å². The van der Waals surface area contributed by atoms with Crippen LogP contribution in [-0.2, 0) is 4.79 Å². The van der Waals surface area contributed by atoms with Gasteiger partial charge < -0.3 is 20.1 Å². The molecule has 2 aromatic carbocycles. The Morgan fingerprint density at radius 1 is 1.00 bits per heavy atom. The number of carbonyl (C=O) groups excluding carboxylic acids is 2. The Hall–Kier alpha value is -3.65. The molecule has 0 aliphatic heterocycles. The van der Waals surface area contributed by atoms with Gasteiger partial charge in [-0.1, -0.05) is 28.1 Å². The van der Waals surface area contributed by atoms with Gasteiger partial charge >= 0.3 is 0 Å². The molecule has 0 unspecified atom stereocenters. The molecule has 0 atom stereocenters. The zero-order valence-corrected chi connectivity index (χ0v) is 18.5. The molecule has 158 valence electrons. The first-order chi connectivity index (χ1) is 15.0. The van der Waals surface area contributed by atoms with Gasteiger partial charge in [0.1, 0.15) is 5.70 Å². The fourth-order valence-corrected chi connectivity index (χ4v) is 3.12. The highest BCUT2D eigenvalue weighted by Crippen LogP contribution is 2.27. The van der Waals surface area contributed by atoms with Gasteiger partial charge in [0.25, 0.3) is 11.8 Å². The zero-order valence-electron chi connectivity index (χ0n) is 16.9. The number of carbonyl (C=O) groups is 2. The molecule has 0 saturated carbocycles. The van der Waals surface area contributed by atoms with E-state index in [1.165, 1.54) is 14.2 Å². The molecule has 1 aromatic heterocycles. The van der Waals surface area contributed by atoms with E-state index in [0.717, 1.165) is 4.47 Å². The first-order valence-electron chi connectivity index (χ1n) is 9.22. The van der Waals surface area contributed by atoms with E-state index < -0.39 is 11.8 Å². The van der Waals surface area contributed by atoms with Crippen LogP contribution >= 0.6 is 15.9 Å². The van der Waals surface area contributed by atoms with E-state index in [1.54, 1.807) is 67.0 Å². The average molecular weight is 482 g/mol. The monoisotopic (exact) mass is 481 g/mol. The van der Waals surface area contributed by atoms with E-state index in [2.05, 4.69) is 31.5 Å². The molecule has 3 aromatic rings. The van der Waals surface area contributed by atoms with Crippen molar-refractivity contribution in [2.75, 3.05) is 19.5 Å². The number of nitrogens with one attached hydrogen (secondary N) is 2. The van der Waals surface area contributed by atoms with E-state index in [1.807, 2.05) is 6.07 Å². The Morgan fingerprint density at radius 2 is 1.81 bits per heavy atom. The number of benzene rings is 2. The molecule has 1 heterocycles. The van der Waals surface area contributed by atoms with Crippen LogP contribution in [0.25, 0.3) is 6.08 Å². The van der Waals surface area contributed by atoms with Crippen LogP contribution in [0.5, 0.6) is 11.5 Å². The van der Waals surface area contributed by atoms with Gasteiger partial charge in [-0.25, -0.2) is 0 Å². The molecule has 7 nitrogen and oxygen atoms in total. The maximum Gasteiger partial charge on any atom is 0.272 e. The highest BCUT2D eigenvalue weighted by molar-refractivity contribution is 9.10. The van der Waals surface area contributed by atoms with Crippen molar-refractivity contribution in [3.8, 4) is 11.5 Å². The number of ether oxygens (including phenoxy) is 2. The van der Waals surface area contributed by atoms with Gasteiger partial charge in [0.2, 0.25) is 0 Å². The number of rotatable bonds is 7. The summed E-state index contributed by atoms with van der Waals surface area (Å²) in [6, 6.07) is 15.4. The molecule has 3 rings (SSSR count). The molecule has 0 aliphatic rings. The van der Waals surface area contributed by atoms with Gasteiger partial charge in [0.15, 0.2) is 11.5 Å². The number of pyridine rings is 1. The third-order valence-corrected chi connectivity index (χ3v) is 4.71. The molecular weight excluding hydrogens is 462 g/mol. The Bertz CT molecular complexity index is 1120. The van der Waals surface area contributed by atoms with Crippen LogP contribution in [0, 0.1) is 0 Å². The Balaban J connectivity index is 1.88. The highest BCUT2D eigenvalue weighted by atomic mass is 79.9. The predicted octanol–water partition coefficient (Wildman–Crippen LogP) is 4.27. The lowest BCUT2D eigenvalue weighted by Gasteiger charge is -2.13. The molecule has 0 saturated heterocycles. The first kappa shape index (κ1) is 22.0. The van der Waals surface area contributed by atoms with Crippen molar-refractivity contribution in [1.82, 2.24) is 10.3 Å². The van der Waals surface area contributed by atoms with Gasteiger partial charge in [-0.15, -0.1) is 0 Å². The maximum absolute atomic E-state index is 12.9. The third kappa shape index (κ3) is 5.93. The lowest BCUT2D eigenvalue weighted by molar-refractivity contribution is -0.113. The molecule has 0 fully saturated rings. The zero-order chi connectivity index (χ0) is 22.2. The lowest BCUT2D eigenvalue weighted by atomic mass is 10.1. The van der Waals surface area contributed by atoms with Gasteiger partial charge in [0, 0.05) is 28.1 Å². The number of hydrogen-bond donors (Lipinski definition) is 2. The molecule has 31 heavy (non-hydrogen) atoms. The summed E-state index contributed by atoms with van der Waals surface area (Å²) in [5, 5.41) is 5.46. The Morgan fingerprint density at radius 3 is 2.48 bits per heavy atom. The third-order valence-electron chi connectivity index (χ3n) is 4.22. The van der Waals surface area contributed by atoms with E-state index in [0.29, 0.717) is 28.3 Å². The van der Waals surface area contributed by atoms with Crippen LogP contribution in [-0.4, -0.2) is 31.0 Å². The minimum atomic E-state index is -0.476. The quantitative estimate of drug-likeness (QED) is 0.491. The average Bonchev–Trinajstić information content (AvgIpc) is 2.78. The van der Waals surface area contributed by atoms with E-state index in [9.17, 15) is 9.59 Å². The summed E-state index contributed by atoms with van der Waals surface area (Å²) < 4.78 is 11.3. The van der Waals surface area contributed by atoms with E-state index in [4.69, 9.17) is 9.47 Å². The number of anilines is 1. The summed E-state index contributed by atoms with van der Waals surface area (Å²) in [7, 11) is 3.00. The van der Waals surface area contributed by atoms with Crippen LogP contribution in [0.1, 0.15) is 15.9 Å². The second-order valence-corrected chi connectivity index (χ2v) is 7.25. The van der Waals surface area contributed by atoms with Crippen molar-refractivity contribution in [2.45, 2.75) is 0 Å². The molecule has 0 radical (unpaired) electrons. The molecular formula is C23H20BrN3O4. The van der Waals surface area contributed by atoms with Crippen molar-refractivity contribution in [3.63, 3.8) is 0 Å². The molecule has 2 N–H and O–H groups in total. The highest BCUT2D eigenvalue weighted by Gasteiger charge is 2.17. The summed E-state index contributed by atoms with van der Waals surface area (Å²) >= 11 is 3.37. The summed E-state index contributed by atoms with van der Waals surface area (Å²) in [5.74, 6) is -0.0413. The number of halogens is 1. The second-order valence-electron chi connectivity index (χ2n) is 6.33. The smallest absolute Gasteiger partial charge is 0.272 e. The number of methoxy groups -OCH3 is 2. The summed E-state index contributed by atoms with van der Waals surface area (Å²) in [6.45, 7) is 0. The molecule has 0 aliphatic carbocycles. The number of aromatic nitrogens is 1. The number of hydrogen-bond acceptors (Lipinski definition) is 5. The van der Waals surface area contributed by atoms with Gasteiger partial charge in [0.05, 0.1) is 14.2 Å². The van der Waals surface area contributed by atoms with Crippen molar-refractivity contribution < 1.29 is 19.1 Å². The van der Waals surface area contributed by atoms with Crippen molar-refractivity contribution in [1.29, 1.82) is 0 Å². The fourth-order valence-electron chi connectivity index (χ4n) is 2.72. The maximum atomic E-state index is 12.9. The van der Waals surface area contributed by atoms with Gasteiger partial charge in [-0.2, -0.15) is 0 Å². The normalized spacial score (nSPS) is 10.9. The number of amides is 2. The Kier molecular flexibility index (Phi) is 7.40. The second kappa shape index (κ2) is 10.4. The standard InChI is InChI=1S/C23H20BrN3O4/c1-30-20-9-8-16(12-21(20)31-2)22(28)27-19(11-15-5-4-10-25-14-15)23(29)26-18-7-3-6-17(24)13-18/h3-14H,1-2H3,(H,26,29)(H,27,28)/b19-11-. The summed E-state index contributed by atoms with van der Waals surface area (Å²) in [5.41, 5.74) is 1.61. The predicted molar refractivity (Wildman–Crippen MR) is 122 cm³/mol. The summed E-state index contributed by atoms with van der Waals surface area (Å²) in [4.78, 5) is 29.9. The van der Waals surface area contributed by atoms with Crippen molar-refractivity contribution in [2.24, 2.45) is 0 Å². The minimum absolute atomic E-state index is 0.0627. The summed E-state index contributed by atoms with van der Waals surface area (Å²) in [6.07, 6.45) is 4.77.